The molecule has 1 aliphatic rings. The van der Waals surface area contributed by atoms with Crippen molar-refractivity contribution < 1.29 is 24.2 Å². The Morgan fingerprint density at radius 1 is 1.15 bits per heavy atom. The summed E-state index contributed by atoms with van der Waals surface area (Å²) in [5, 5.41) is 12.8. The smallest absolute Gasteiger partial charge is 0.341 e. The summed E-state index contributed by atoms with van der Waals surface area (Å²) in [6, 6.07) is 0. The maximum absolute atomic E-state index is 12.9. The minimum atomic E-state index is -0.971. The predicted octanol–water partition coefficient (Wildman–Crippen LogP) is 3.79. The van der Waals surface area contributed by atoms with Gasteiger partial charge in [0.2, 0.25) is 5.91 Å². The van der Waals surface area contributed by atoms with Gasteiger partial charge in [0.15, 0.2) is 0 Å². The highest BCUT2D eigenvalue weighted by Gasteiger charge is 2.38. The first-order chi connectivity index (χ1) is 12.2. The summed E-state index contributed by atoms with van der Waals surface area (Å²) in [6.45, 7) is 7.66. The van der Waals surface area contributed by atoms with E-state index in [9.17, 15) is 19.5 Å². The molecule has 7 heteroatoms. The van der Waals surface area contributed by atoms with Crippen LogP contribution in [0.5, 0.6) is 0 Å². The molecule has 2 atom stereocenters. The van der Waals surface area contributed by atoms with E-state index in [1.807, 2.05) is 27.7 Å². The molecule has 1 aromatic rings. The van der Waals surface area contributed by atoms with Crippen molar-refractivity contribution in [1.82, 2.24) is 0 Å². The summed E-state index contributed by atoms with van der Waals surface area (Å²) in [6.07, 6.45) is 1.42. The van der Waals surface area contributed by atoms with Crippen molar-refractivity contribution in [2.24, 2.45) is 11.8 Å². The van der Waals surface area contributed by atoms with E-state index in [1.165, 1.54) is 18.4 Å². The number of amides is 1. The Morgan fingerprint density at radius 2 is 1.73 bits per heavy atom. The number of aliphatic carboxylic acids is 1. The van der Waals surface area contributed by atoms with Crippen LogP contribution in [0, 0.1) is 18.8 Å². The fraction of sp³-hybridized carbons (Fsp3) is 0.526. The van der Waals surface area contributed by atoms with Crippen LogP contribution in [0.25, 0.3) is 0 Å². The van der Waals surface area contributed by atoms with Crippen LogP contribution in [0.1, 0.15) is 54.4 Å². The van der Waals surface area contributed by atoms with Gasteiger partial charge in [0.05, 0.1) is 24.5 Å². The number of esters is 1. The number of rotatable bonds is 5. The number of hydrogen-bond acceptors (Lipinski definition) is 5. The molecular formula is C19H25NO5S. The number of allylic oxidation sites excluding steroid dienone is 2. The fourth-order valence-electron chi connectivity index (χ4n) is 3.44. The molecule has 2 N–H and O–H groups in total. The van der Waals surface area contributed by atoms with Gasteiger partial charge in [-0.2, -0.15) is 0 Å². The van der Waals surface area contributed by atoms with Crippen molar-refractivity contribution in [1.29, 1.82) is 0 Å². The third-order valence-corrected chi connectivity index (χ3v) is 6.17. The highest BCUT2D eigenvalue weighted by molar-refractivity contribution is 7.16. The maximum Gasteiger partial charge on any atom is 0.341 e. The summed E-state index contributed by atoms with van der Waals surface area (Å²) >= 11 is 1.32. The molecule has 2 rings (SSSR count). The van der Waals surface area contributed by atoms with Gasteiger partial charge in [0.1, 0.15) is 5.00 Å². The molecule has 6 nitrogen and oxygen atoms in total. The zero-order valence-corrected chi connectivity index (χ0v) is 16.6. The lowest BCUT2D eigenvalue weighted by atomic mass is 9.76. The van der Waals surface area contributed by atoms with E-state index in [0.717, 1.165) is 21.6 Å². The molecule has 0 fully saturated rings. The van der Waals surface area contributed by atoms with Crippen LogP contribution in [-0.4, -0.2) is 30.1 Å². The molecule has 0 spiro atoms. The van der Waals surface area contributed by atoms with E-state index in [-0.39, 0.29) is 5.91 Å². The third-order valence-electron chi connectivity index (χ3n) is 5.11. The number of anilines is 1. The number of carbonyl (C=O) groups is 3. The molecule has 1 aromatic heterocycles. The highest BCUT2D eigenvalue weighted by atomic mass is 32.1. The van der Waals surface area contributed by atoms with Crippen molar-refractivity contribution >= 4 is 34.2 Å². The number of carbonyl (C=O) groups excluding carboxylic acids is 2. The average Bonchev–Trinajstić information content (AvgIpc) is 2.90. The van der Waals surface area contributed by atoms with Gasteiger partial charge < -0.3 is 15.2 Å². The van der Waals surface area contributed by atoms with Crippen molar-refractivity contribution in [3.8, 4) is 0 Å². The summed E-state index contributed by atoms with van der Waals surface area (Å²) in [5.74, 6) is -3.24. The number of ether oxygens (including phenoxy) is 1. The molecule has 1 aliphatic carbocycles. The van der Waals surface area contributed by atoms with Crippen LogP contribution >= 0.6 is 11.3 Å². The highest BCUT2D eigenvalue weighted by Crippen LogP contribution is 2.38. The van der Waals surface area contributed by atoms with Crippen molar-refractivity contribution in [3.63, 3.8) is 0 Å². The Kier molecular flexibility index (Phi) is 6.23. The van der Waals surface area contributed by atoms with Gasteiger partial charge >= 0.3 is 11.9 Å². The normalized spacial score (nSPS) is 20.0. The molecule has 0 unspecified atom stereocenters. The van der Waals surface area contributed by atoms with Gasteiger partial charge in [0.25, 0.3) is 0 Å². The number of carboxylic acid groups (broad SMARTS) is 1. The van der Waals surface area contributed by atoms with E-state index in [1.54, 1.807) is 0 Å². The maximum atomic E-state index is 12.9. The molecule has 1 amide bonds. The van der Waals surface area contributed by atoms with E-state index < -0.39 is 23.8 Å². The van der Waals surface area contributed by atoms with Crippen LogP contribution in [0.15, 0.2) is 11.1 Å². The van der Waals surface area contributed by atoms with Gasteiger partial charge in [-0.05, 0) is 45.6 Å². The standard InChI is InChI=1S/C19H25NO5S/c1-6-12-11(4)26-17(15(12)19(24)25-5)20-16(21)13-7-9(2)10(3)8-14(13)18(22)23/h13-14H,6-8H2,1-5H3,(H,20,21)(H,22,23)/t13-,14+/m1/s1. The fourth-order valence-corrected chi connectivity index (χ4v) is 4.58. The molecule has 0 saturated heterocycles. The number of carboxylic acids is 1. The first kappa shape index (κ1) is 20.2. The average molecular weight is 379 g/mol. The molecule has 0 bridgehead atoms. The van der Waals surface area contributed by atoms with Gasteiger partial charge in [-0.25, -0.2) is 4.79 Å². The lowest BCUT2D eigenvalue weighted by molar-refractivity contribution is -0.146. The Morgan fingerprint density at radius 3 is 2.23 bits per heavy atom. The van der Waals surface area contributed by atoms with Crippen molar-refractivity contribution in [2.75, 3.05) is 12.4 Å². The molecule has 1 heterocycles. The van der Waals surface area contributed by atoms with E-state index >= 15 is 0 Å². The van der Waals surface area contributed by atoms with Crippen LogP contribution in [0.2, 0.25) is 0 Å². The molecule has 0 aliphatic heterocycles. The number of methoxy groups -OCH3 is 1. The first-order valence-corrected chi connectivity index (χ1v) is 9.42. The summed E-state index contributed by atoms with van der Waals surface area (Å²) < 4.78 is 4.87. The number of nitrogens with one attached hydrogen (secondary N) is 1. The monoisotopic (exact) mass is 379 g/mol. The number of thiophene rings is 1. The summed E-state index contributed by atoms with van der Waals surface area (Å²) in [4.78, 5) is 37.6. The van der Waals surface area contributed by atoms with E-state index in [4.69, 9.17) is 4.74 Å². The van der Waals surface area contributed by atoms with Crippen LogP contribution in [-0.2, 0) is 20.7 Å². The minimum absolute atomic E-state index is 0.363. The summed E-state index contributed by atoms with van der Waals surface area (Å²) in [5.41, 5.74) is 3.30. The Bertz CT molecular complexity index is 777. The van der Waals surface area contributed by atoms with Crippen LogP contribution in [0.3, 0.4) is 0 Å². The molecule has 0 aromatic carbocycles. The molecule has 0 radical (unpaired) electrons. The second-order valence-electron chi connectivity index (χ2n) is 6.70. The third kappa shape index (κ3) is 3.82. The van der Waals surface area contributed by atoms with Crippen molar-refractivity contribution in [2.45, 2.75) is 47.0 Å². The van der Waals surface area contributed by atoms with Crippen LogP contribution in [0.4, 0.5) is 5.00 Å². The topological polar surface area (TPSA) is 92.7 Å². The molecule has 26 heavy (non-hydrogen) atoms. The number of aryl methyl sites for hydroxylation is 1. The largest absolute Gasteiger partial charge is 0.481 e. The molecule has 0 saturated carbocycles. The zero-order chi connectivity index (χ0) is 19.6. The van der Waals surface area contributed by atoms with E-state index in [0.29, 0.717) is 29.8 Å². The van der Waals surface area contributed by atoms with Crippen molar-refractivity contribution in [3.05, 3.63) is 27.2 Å². The minimum Gasteiger partial charge on any atom is -0.481 e. The summed E-state index contributed by atoms with van der Waals surface area (Å²) in [7, 11) is 1.30. The number of hydrogen-bond donors (Lipinski definition) is 2. The second kappa shape index (κ2) is 8.03. The van der Waals surface area contributed by atoms with Gasteiger partial charge in [-0.15, -0.1) is 11.3 Å². The Balaban J connectivity index is 2.35. The van der Waals surface area contributed by atoms with Crippen LogP contribution < -0.4 is 5.32 Å². The molecule has 142 valence electrons. The lowest BCUT2D eigenvalue weighted by Crippen LogP contribution is -2.36. The van der Waals surface area contributed by atoms with E-state index in [2.05, 4.69) is 5.32 Å². The Hall–Kier alpha value is -2.15. The quantitative estimate of drug-likeness (QED) is 0.600. The SMILES string of the molecule is CCc1c(C)sc(NC(=O)[C@@H]2CC(C)=C(C)C[C@@H]2C(=O)O)c1C(=O)OC. The molecular weight excluding hydrogens is 354 g/mol. The lowest BCUT2D eigenvalue weighted by Gasteiger charge is -2.29. The van der Waals surface area contributed by atoms with Gasteiger partial charge in [-0.3, -0.25) is 9.59 Å². The predicted molar refractivity (Wildman–Crippen MR) is 101 cm³/mol. The zero-order valence-electron chi connectivity index (χ0n) is 15.8. The first-order valence-electron chi connectivity index (χ1n) is 8.60. The second-order valence-corrected chi connectivity index (χ2v) is 7.92. The van der Waals surface area contributed by atoms with Gasteiger partial charge in [0, 0.05) is 4.88 Å². The Labute approximate surface area is 157 Å². The van der Waals surface area contributed by atoms with Gasteiger partial charge in [-0.1, -0.05) is 18.1 Å².